The molecule has 1 aliphatic carbocycles. The highest BCUT2D eigenvalue weighted by atomic mass is 35.5. The highest BCUT2D eigenvalue weighted by Crippen LogP contribution is 2.35. The van der Waals surface area contributed by atoms with Crippen LogP contribution in [0.4, 0.5) is 5.69 Å². The largest absolute Gasteiger partial charge is 0.451 e. The van der Waals surface area contributed by atoms with Crippen molar-refractivity contribution < 1.29 is 9.21 Å². The highest BCUT2D eigenvalue weighted by molar-refractivity contribution is 7.99. The lowest BCUT2D eigenvalue weighted by Gasteiger charge is -2.20. The molecule has 28 heavy (non-hydrogen) atoms. The number of nitrogens with one attached hydrogen (secondary N) is 1. The summed E-state index contributed by atoms with van der Waals surface area (Å²) in [5.41, 5.74) is 3.42. The number of furan rings is 1. The molecule has 4 rings (SSSR count). The molecule has 1 aromatic heterocycles. The van der Waals surface area contributed by atoms with Crippen LogP contribution in [0.25, 0.3) is 11.0 Å². The van der Waals surface area contributed by atoms with Gasteiger partial charge in [-0.05, 0) is 43.5 Å². The van der Waals surface area contributed by atoms with Gasteiger partial charge in [0.05, 0.1) is 0 Å². The Morgan fingerprint density at radius 1 is 1.18 bits per heavy atom. The summed E-state index contributed by atoms with van der Waals surface area (Å²) >= 11 is 8.05. The van der Waals surface area contributed by atoms with Crippen LogP contribution < -0.4 is 5.32 Å². The van der Waals surface area contributed by atoms with Crippen LogP contribution in [0, 0.1) is 6.92 Å². The molecule has 1 amide bonds. The van der Waals surface area contributed by atoms with Gasteiger partial charge in [0.15, 0.2) is 5.76 Å². The lowest BCUT2D eigenvalue weighted by molar-refractivity contribution is 0.0997. The van der Waals surface area contributed by atoms with Crippen LogP contribution >= 0.6 is 23.4 Å². The molecule has 5 heteroatoms. The molecule has 3 nitrogen and oxygen atoms in total. The zero-order valence-corrected chi connectivity index (χ0v) is 17.5. The number of hydrogen-bond acceptors (Lipinski definition) is 3. The quantitative estimate of drug-likeness (QED) is 0.480. The number of thioether (sulfide) groups is 1. The van der Waals surface area contributed by atoms with Crippen LogP contribution in [-0.4, -0.2) is 11.2 Å². The molecule has 3 aromatic rings. The van der Waals surface area contributed by atoms with Crippen molar-refractivity contribution in [1.29, 1.82) is 0 Å². The summed E-state index contributed by atoms with van der Waals surface area (Å²) in [5, 5.41) is 5.28. The van der Waals surface area contributed by atoms with Crippen molar-refractivity contribution in [2.75, 3.05) is 5.32 Å². The molecule has 0 aliphatic heterocycles. The van der Waals surface area contributed by atoms with Crippen LogP contribution in [0.1, 0.15) is 53.8 Å². The van der Waals surface area contributed by atoms with E-state index in [1.807, 2.05) is 55.1 Å². The third-order valence-electron chi connectivity index (χ3n) is 5.37. The second-order valence-electron chi connectivity index (χ2n) is 7.39. The molecular formula is C23H24ClNO2S. The molecule has 1 N–H and O–H groups in total. The van der Waals surface area contributed by atoms with E-state index in [4.69, 9.17) is 16.0 Å². The van der Waals surface area contributed by atoms with Crippen molar-refractivity contribution in [3.63, 3.8) is 0 Å². The molecule has 0 unspecified atom stereocenters. The van der Waals surface area contributed by atoms with Gasteiger partial charge in [0.2, 0.25) is 0 Å². The maximum Gasteiger partial charge on any atom is 0.291 e. The number of halogens is 1. The summed E-state index contributed by atoms with van der Waals surface area (Å²) in [5.74, 6) is 0.976. The van der Waals surface area contributed by atoms with Crippen molar-refractivity contribution in [1.82, 2.24) is 0 Å². The first-order valence-corrected chi connectivity index (χ1v) is 11.2. The van der Waals surface area contributed by atoms with Crippen LogP contribution in [0.15, 0.2) is 46.9 Å². The van der Waals surface area contributed by atoms with E-state index in [-0.39, 0.29) is 5.91 Å². The van der Waals surface area contributed by atoms with Crippen molar-refractivity contribution in [3.8, 4) is 0 Å². The fourth-order valence-electron chi connectivity index (χ4n) is 3.77. The Morgan fingerprint density at radius 3 is 2.79 bits per heavy atom. The molecule has 1 saturated carbocycles. The number of rotatable bonds is 5. The molecule has 0 bridgehead atoms. The number of fused-ring (bicyclic) bond motifs is 1. The molecule has 146 valence electrons. The van der Waals surface area contributed by atoms with Crippen molar-refractivity contribution >= 4 is 45.9 Å². The Morgan fingerprint density at radius 2 is 1.96 bits per heavy atom. The lowest BCUT2D eigenvalue weighted by atomic mass is 10.0. The SMILES string of the molecule is Cc1ccc(Cl)cc1NC(=O)c1oc2ccccc2c1CSC1CCCCC1. The summed E-state index contributed by atoms with van der Waals surface area (Å²) in [4.78, 5) is 13.1. The average molecular weight is 414 g/mol. The molecular weight excluding hydrogens is 390 g/mol. The average Bonchev–Trinajstić information content (AvgIpc) is 3.09. The first kappa shape index (κ1) is 19.4. The van der Waals surface area contributed by atoms with Gasteiger partial charge in [-0.2, -0.15) is 11.8 Å². The Balaban J connectivity index is 1.61. The Labute approximate surface area is 174 Å². The highest BCUT2D eigenvalue weighted by Gasteiger charge is 2.23. The third kappa shape index (κ3) is 4.23. The topological polar surface area (TPSA) is 42.2 Å². The standard InChI is InChI=1S/C23H24ClNO2S/c1-15-11-12-16(24)13-20(15)25-23(26)22-19(14-28-17-7-3-2-4-8-17)18-9-5-6-10-21(18)27-22/h5-6,9-13,17H,2-4,7-8,14H2,1H3,(H,25,26). The summed E-state index contributed by atoms with van der Waals surface area (Å²) in [6, 6.07) is 13.4. The van der Waals surface area contributed by atoms with Gasteiger partial charge in [-0.15, -0.1) is 0 Å². The zero-order valence-electron chi connectivity index (χ0n) is 16.0. The van der Waals surface area contributed by atoms with Gasteiger partial charge in [-0.1, -0.05) is 55.1 Å². The second kappa shape index (κ2) is 8.62. The van der Waals surface area contributed by atoms with Crippen LogP contribution in [0.3, 0.4) is 0 Å². The summed E-state index contributed by atoms with van der Waals surface area (Å²) in [6.45, 7) is 1.95. The van der Waals surface area contributed by atoms with E-state index in [2.05, 4.69) is 5.32 Å². The molecule has 0 radical (unpaired) electrons. The number of anilines is 1. The van der Waals surface area contributed by atoms with Gasteiger partial charge in [0.25, 0.3) is 5.91 Å². The van der Waals surface area contributed by atoms with Gasteiger partial charge in [-0.3, -0.25) is 4.79 Å². The predicted octanol–water partition coefficient (Wildman–Crippen LogP) is 7.21. The lowest BCUT2D eigenvalue weighted by Crippen LogP contribution is -2.14. The van der Waals surface area contributed by atoms with Crippen molar-refractivity contribution in [3.05, 3.63) is 64.4 Å². The fraction of sp³-hybridized carbons (Fsp3) is 0.348. The Hall–Kier alpha value is -1.91. The van der Waals surface area contributed by atoms with Crippen molar-refractivity contribution in [2.24, 2.45) is 0 Å². The van der Waals surface area contributed by atoms with Gasteiger partial charge in [-0.25, -0.2) is 0 Å². The van der Waals surface area contributed by atoms with E-state index >= 15 is 0 Å². The van der Waals surface area contributed by atoms with Gasteiger partial charge >= 0.3 is 0 Å². The molecule has 1 aliphatic rings. The molecule has 2 aromatic carbocycles. The molecule has 0 saturated heterocycles. The van der Waals surface area contributed by atoms with Crippen LogP contribution in [0.2, 0.25) is 5.02 Å². The third-order valence-corrected chi connectivity index (χ3v) is 7.00. The predicted molar refractivity (Wildman–Crippen MR) is 119 cm³/mol. The van der Waals surface area contributed by atoms with Gasteiger partial charge < -0.3 is 9.73 Å². The number of benzene rings is 2. The van der Waals surface area contributed by atoms with E-state index in [1.54, 1.807) is 6.07 Å². The number of hydrogen-bond donors (Lipinski definition) is 1. The number of amides is 1. The summed E-state index contributed by atoms with van der Waals surface area (Å²) in [6.07, 6.45) is 6.50. The summed E-state index contributed by atoms with van der Waals surface area (Å²) in [7, 11) is 0. The number of carbonyl (C=O) groups is 1. The van der Waals surface area contributed by atoms with E-state index in [1.165, 1.54) is 32.1 Å². The first-order chi connectivity index (χ1) is 13.6. The second-order valence-corrected chi connectivity index (χ2v) is 9.12. The minimum absolute atomic E-state index is 0.221. The number of para-hydroxylation sites is 1. The fourth-order valence-corrected chi connectivity index (χ4v) is 5.29. The smallest absolute Gasteiger partial charge is 0.291 e. The monoisotopic (exact) mass is 413 g/mol. The minimum Gasteiger partial charge on any atom is -0.451 e. The maximum absolute atomic E-state index is 13.1. The molecule has 1 heterocycles. The molecule has 0 spiro atoms. The minimum atomic E-state index is -0.221. The first-order valence-electron chi connectivity index (χ1n) is 9.81. The normalized spacial score (nSPS) is 15.1. The Kier molecular flexibility index (Phi) is 5.98. The van der Waals surface area contributed by atoms with Crippen molar-refractivity contribution in [2.45, 2.75) is 50.0 Å². The van der Waals surface area contributed by atoms with Crippen LogP contribution in [0.5, 0.6) is 0 Å². The zero-order chi connectivity index (χ0) is 19.5. The van der Waals surface area contributed by atoms with E-state index < -0.39 is 0 Å². The van der Waals surface area contributed by atoms with Gasteiger partial charge in [0.1, 0.15) is 5.58 Å². The molecule has 1 fully saturated rings. The van der Waals surface area contributed by atoms with Gasteiger partial charge in [0, 0.05) is 32.7 Å². The van der Waals surface area contributed by atoms with E-state index in [9.17, 15) is 4.79 Å². The number of carbonyl (C=O) groups excluding carboxylic acids is 1. The van der Waals surface area contributed by atoms with Crippen LogP contribution in [-0.2, 0) is 5.75 Å². The van der Waals surface area contributed by atoms with E-state index in [0.29, 0.717) is 21.7 Å². The summed E-state index contributed by atoms with van der Waals surface area (Å²) < 4.78 is 5.98. The molecule has 0 atom stereocenters. The number of aryl methyl sites for hydroxylation is 1. The van der Waals surface area contributed by atoms with E-state index in [0.717, 1.165) is 27.8 Å². The maximum atomic E-state index is 13.1. The Bertz CT molecular complexity index is 991.